The SMILES string of the molecule is F[C](F)F.O=C(C(F)(F)F)C(F)(F)F. The van der Waals surface area contributed by atoms with Gasteiger partial charge in [0, 0.05) is 0 Å². The molecule has 0 atom stereocenters. The minimum absolute atomic E-state index is 3.08. The Morgan fingerprint density at radius 1 is 0.714 bits per heavy atom. The monoisotopic (exact) mass is 235 g/mol. The summed E-state index contributed by atoms with van der Waals surface area (Å²) in [5.41, 5.74) is 0. The predicted octanol–water partition coefficient (Wildman–Crippen LogP) is 3.02. The van der Waals surface area contributed by atoms with E-state index in [1.54, 1.807) is 0 Å². The first kappa shape index (κ1) is 15.5. The largest absolute Gasteiger partial charge is 0.487 e. The Hall–Kier alpha value is -0.960. The summed E-state index contributed by atoms with van der Waals surface area (Å²) in [7, 11) is 0. The van der Waals surface area contributed by atoms with Crippen LogP contribution in [0.2, 0.25) is 0 Å². The second kappa shape index (κ2) is 5.05. The maximum atomic E-state index is 10.9. The van der Waals surface area contributed by atoms with Crippen molar-refractivity contribution in [1.29, 1.82) is 0 Å². The summed E-state index contributed by atoms with van der Waals surface area (Å²) in [4.78, 5) is 9.24. The Kier molecular flexibility index (Phi) is 5.60. The van der Waals surface area contributed by atoms with Crippen LogP contribution in [0.5, 0.6) is 0 Å². The van der Waals surface area contributed by atoms with Gasteiger partial charge in [-0.05, 0) is 0 Å². The number of carbonyl (C=O) groups excluding carboxylic acids is 1. The first-order valence-electron chi connectivity index (χ1n) is 2.40. The molecule has 0 rings (SSSR count). The molecule has 1 radical (unpaired) electrons. The van der Waals surface area contributed by atoms with Crippen LogP contribution in [-0.4, -0.2) is 18.1 Å². The van der Waals surface area contributed by atoms with E-state index in [1.165, 1.54) is 0 Å². The molecule has 0 aromatic rings. The number of Topliss-reactive ketones (excluding diaryl/α,β-unsaturated/α-hetero) is 1. The zero-order valence-corrected chi connectivity index (χ0v) is 5.81. The Morgan fingerprint density at radius 3 is 0.857 bits per heavy atom. The minimum Gasteiger partial charge on any atom is -0.279 e. The highest BCUT2D eigenvalue weighted by Gasteiger charge is 2.55. The van der Waals surface area contributed by atoms with Crippen LogP contribution in [0.1, 0.15) is 0 Å². The van der Waals surface area contributed by atoms with Crippen molar-refractivity contribution in [2.75, 3.05) is 0 Å². The van der Waals surface area contributed by atoms with Crippen LogP contribution in [0, 0.1) is 6.68 Å². The predicted molar refractivity (Wildman–Crippen MR) is 23.7 cm³/mol. The molecule has 0 saturated carbocycles. The number of rotatable bonds is 0. The van der Waals surface area contributed by atoms with Crippen LogP contribution in [-0.2, 0) is 4.79 Å². The van der Waals surface area contributed by atoms with Gasteiger partial charge in [0.05, 0.1) is 0 Å². The number of alkyl halides is 6. The van der Waals surface area contributed by atoms with Crippen LogP contribution in [0.15, 0.2) is 0 Å². The number of hydrogen-bond acceptors (Lipinski definition) is 1. The minimum atomic E-state index is -5.82. The van der Waals surface area contributed by atoms with Crippen molar-refractivity contribution in [3.8, 4) is 0 Å². The van der Waals surface area contributed by atoms with Gasteiger partial charge in [0.15, 0.2) is 0 Å². The molecule has 85 valence electrons. The average molecular weight is 235 g/mol. The lowest BCUT2D eigenvalue weighted by molar-refractivity contribution is -0.217. The summed E-state index contributed by atoms with van der Waals surface area (Å²) in [5.74, 6) is -3.68. The maximum absolute atomic E-state index is 10.9. The van der Waals surface area contributed by atoms with Gasteiger partial charge >= 0.3 is 24.8 Å². The van der Waals surface area contributed by atoms with Crippen LogP contribution >= 0.6 is 0 Å². The van der Waals surface area contributed by atoms with Gasteiger partial charge in [-0.15, -0.1) is 0 Å². The first-order chi connectivity index (χ1) is 5.89. The molecule has 0 aromatic carbocycles. The summed E-state index contributed by atoms with van der Waals surface area (Å²) in [5, 5.41) is 0. The quantitative estimate of drug-likeness (QED) is 0.590. The normalized spacial score (nSPS) is 12.1. The Morgan fingerprint density at radius 2 is 0.857 bits per heavy atom. The van der Waals surface area contributed by atoms with Crippen LogP contribution < -0.4 is 0 Å². The summed E-state index contributed by atoms with van der Waals surface area (Å²) >= 11 is 0. The molecular formula is C4F9O. The number of halogens is 9. The lowest BCUT2D eigenvalue weighted by Crippen LogP contribution is -2.36. The smallest absolute Gasteiger partial charge is 0.279 e. The second-order valence-electron chi connectivity index (χ2n) is 1.54. The summed E-state index contributed by atoms with van der Waals surface area (Å²) in [6, 6.07) is 0. The van der Waals surface area contributed by atoms with E-state index in [1.807, 2.05) is 0 Å². The van der Waals surface area contributed by atoms with Crippen molar-refractivity contribution in [1.82, 2.24) is 0 Å². The average Bonchev–Trinajstić information content (AvgIpc) is 1.80. The van der Waals surface area contributed by atoms with E-state index < -0.39 is 24.8 Å². The van der Waals surface area contributed by atoms with E-state index in [0.717, 1.165) is 0 Å². The van der Waals surface area contributed by atoms with E-state index in [4.69, 9.17) is 0 Å². The van der Waals surface area contributed by atoms with Gasteiger partial charge in [0.25, 0.3) is 0 Å². The third-order valence-corrected chi connectivity index (χ3v) is 0.515. The zero-order valence-electron chi connectivity index (χ0n) is 5.81. The molecule has 0 bridgehead atoms. The Balaban J connectivity index is 0. The molecule has 0 aliphatic rings. The van der Waals surface area contributed by atoms with Crippen molar-refractivity contribution in [2.45, 2.75) is 12.4 Å². The third-order valence-electron chi connectivity index (χ3n) is 0.515. The topological polar surface area (TPSA) is 17.1 Å². The van der Waals surface area contributed by atoms with Gasteiger partial charge in [-0.25, -0.2) is 0 Å². The molecule has 14 heavy (non-hydrogen) atoms. The fourth-order valence-corrected chi connectivity index (χ4v) is 0.161. The van der Waals surface area contributed by atoms with Gasteiger partial charge in [0.2, 0.25) is 0 Å². The fourth-order valence-electron chi connectivity index (χ4n) is 0.161. The van der Waals surface area contributed by atoms with Gasteiger partial charge in [0.1, 0.15) is 0 Å². The molecule has 0 spiro atoms. The number of ketones is 1. The van der Waals surface area contributed by atoms with E-state index >= 15 is 0 Å². The standard InChI is InChI=1S/C3F6O.CF3/c4-2(5,6)1(10)3(7,8)9;2-1(3)4. The molecule has 0 N–H and O–H groups in total. The van der Waals surface area contributed by atoms with Crippen molar-refractivity contribution < 1.29 is 44.3 Å². The summed E-state index contributed by atoms with van der Waals surface area (Å²) < 4.78 is 94.0. The van der Waals surface area contributed by atoms with Gasteiger partial charge in [-0.3, -0.25) is 4.79 Å². The van der Waals surface area contributed by atoms with Crippen molar-refractivity contribution in [2.24, 2.45) is 0 Å². The number of carbonyl (C=O) groups is 1. The van der Waals surface area contributed by atoms with E-state index in [-0.39, 0.29) is 0 Å². The van der Waals surface area contributed by atoms with Gasteiger partial charge < -0.3 is 0 Å². The van der Waals surface area contributed by atoms with Crippen LogP contribution in [0.25, 0.3) is 0 Å². The van der Waals surface area contributed by atoms with E-state index in [9.17, 15) is 44.3 Å². The fraction of sp³-hybridized carbons (Fsp3) is 0.500. The van der Waals surface area contributed by atoms with Crippen molar-refractivity contribution >= 4 is 5.78 Å². The Bertz CT molecular complexity index is 157. The molecule has 0 unspecified atom stereocenters. The van der Waals surface area contributed by atoms with E-state index in [0.29, 0.717) is 0 Å². The first-order valence-corrected chi connectivity index (χ1v) is 2.40. The van der Waals surface area contributed by atoms with Gasteiger partial charge in [-0.1, -0.05) is 0 Å². The molecule has 1 nitrogen and oxygen atoms in total. The molecule has 0 saturated heterocycles. The molecule has 0 aliphatic heterocycles. The third kappa shape index (κ3) is 9.13. The van der Waals surface area contributed by atoms with Gasteiger partial charge in [-0.2, -0.15) is 39.5 Å². The lowest BCUT2D eigenvalue weighted by atomic mass is 10.4. The van der Waals surface area contributed by atoms with Crippen LogP contribution in [0.3, 0.4) is 0 Å². The number of hydrogen-bond donors (Lipinski definition) is 0. The lowest BCUT2D eigenvalue weighted by Gasteiger charge is -2.06. The Labute approximate surface area is 70.5 Å². The summed E-state index contributed by atoms with van der Waals surface area (Å²) in [6.07, 6.45) is -11.6. The molecule has 0 fully saturated rings. The molecule has 0 aliphatic carbocycles. The highest BCUT2D eigenvalue weighted by Crippen LogP contribution is 2.28. The van der Waals surface area contributed by atoms with Crippen molar-refractivity contribution in [3.05, 3.63) is 6.68 Å². The van der Waals surface area contributed by atoms with Crippen LogP contribution in [0.4, 0.5) is 39.5 Å². The molecule has 0 heterocycles. The molecular weight excluding hydrogens is 235 g/mol. The molecule has 0 aromatic heterocycles. The van der Waals surface area contributed by atoms with Crippen molar-refractivity contribution in [3.63, 3.8) is 0 Å². The highest BCUT2D eigenvalue weighted by atomic mass is 19.4. The second-order valence-corrected chi connectivity index (χ2v) is 1.54. The molecule has 10 heteroatoms. The zero-order chi connectivity index (χ0) is 12.2. The maximum Gasteiger partial charge on any atom is 0.487 e. The highest BCUT2D eigenvalue weighted by molar-refractivity contribution is 5.89. The van der Waals surface area contributed by atoms with E-state index in [2.05, 4.69) is 0 Å². The summed E-state index contributed by atoms with van der Waals surface area (Å²) in [6.45, 7) is -3.08. The molecule has 0 amide bonds.